The van der Waals surface area contributed by atoms with Crippen LogP contribution in [0.25, 0.3) is 0 Å². The highest BCUT2D eigenvalue weighted by molar-refractivity contribution is 7.59. The van der Waals surface area contributed by atoms with Crippen LogP contribution in [0.3, 0.4) is 0 Å². The molecule has 3 fully saturated rings. The topological polar surface area (TPSA) is 36.0 Å². The molecule has 0 spiro atoms. The molecule has 3 aliphatic rings. The summed E-state index contributed by atoms with van der Waals surface area (Å²) in [6, 6.07) is 6.71. The fraction of sp³-hybridized carbons (Fsp3) is 0.714. The molecular formula is C21H33FN3O2P. The zero-order valence-electron chi connectivity index (χ0n) is 16.8. The number of piperidine rings is 2. The van der Waals surface area contributed by atoms with Gasteiger partial charge in [0.1, 0.15) is 11.6 Å². The lowest BCUT2D eigenvalue weighted by Crippen LogP contribution is -2.46. The summed E-state index contributed by atoms with van der Waals surface area (Å²) in [7, 11) is -2.87. The van der Waals surface area contributed by atoms with E-state index < -0.39 is 7.44 Å². The molecule has 0 aromatic heterocycles. The molecule has 7 heteroatoms. The first-order valence-electron chi connectivity index (χ1n) is 10.9. The first kappa shape index (κ1) is 20.5. The van der Waals surface area contributed by atoms with Gasteiger partial charge in [-0.1, -0.05) is 25.0 Å². The van der Waals surface area contributed by atoms with Gasteiger partial charge in [-0.15, -0.1) is 0 Å². The number of ether oxygens (including phenoxy) is 1. The van der Waals surface area contributed by atoms with Gasteiger partial charge in [0.05, 0.1) is 13.2 Å². The molecule has 156 valence electrons. The molecule has 5 nitrogen and oxygen atoms in total. The molecule has 1 atom stereocenters. The molecule has 0 radical (unpaired) electrons. The van der Waals surface area contributed by atoms with Crippen LogP contribution in [0.2, 0.25) is 0 Å². The third-order valence-corrected chi connectivity index (χ3v) is 10.0. The molecule has 0 N–H and O–H groups in total. The zero-order chi connectivity index (χ0) is 19.4. The Bertz CT molecular complexity index is 647. The molecule has 28 heavy (non-hydrogen) atoms. The van der Waals surface area contributed by atoms with Gasteiger partial charge < -0.3 is 4.74 Å². The van der Waals surface area contributed by atoms with E-state index in [0.29, 0.717) is 13.2 Å². The molecule has 0 saturated carbocycles. The molecule has 0 unspecified atom stereocenters. The first-order valence-corrected chi connectivity index (χ1v) is 12.6. The van der Waals surface area contributed by atoms with E-state index in [0.717, 1.165) is 70.5 Å². The van der Waals surface area contributed by atoms with Crippen molar-refractivity contribution in [3.05, 3.63) is 35.6 Å². The van der Waals surface area contributed by atoms with Crippen LogP contribution >= 0.6 is 7.44 Å². The second-order valence-electron chi connectivity index (χ2n) is 8.19. The summed E-state index contributed by atoms with van der Waals surface area (Å²) in [6.07, 6.45) is 6.87. The first-order chi connectivity index (χ1) is 13.7. The van der Waals surface area contributed by atoms with E-state index in [-0.39, 0.29) is 11.6 Å². The lowest BCUT2D eigenvalue weighted by molar-refractivity contribution is 0.0273. The van der Waals surface area contributed by atoms with Crippen molar-refractivity contribution in [1.82, 2.24) is 14.2 Å². The molecule has 0 aliphatic carbocycles. The number of halogens is 1. The fourth-order valence-corrected chi connectivity index (χ4v) is 8.80. The molecule has 0 bridgehead atoms. The van der Waals surface area contributed by atoms with E-state index in [1.54, 1.807) is 0 Å². The number of nitrogens with zero attached hydrogens (tertiary/aromatic N) is 3. The smallest absolute Gasteiger partial charge is 0.237 e. The Morgan fingerprint density at radius 1 is 0.786 bits per heavy atom. The van der Waals surface area contributed by atoms with Crippen LogP contribution in [0.5, 0.6) is 0 Å². The normalized spacial score (nSPS) is 24.9. The van der Waals surface area contributed by atoms with Crippen molar-refractivity contribution >= 4 is 7.44 Å². The summed E-state index contributed by atoms with van der Waals surface area (Å²) in [4.78, 5) is 2.33. The lowest BCUT2D eigenvalue weighted by atomic mass is 10.2. The summed E-state index contributed by atoms with van der Waals surface area (Å²) in [6.45, 7) is 6.47. The van der Waals surface area contributed by atoms with Gasteiger partial charge in [-0.3, -0.25) is 9.46 Å². The van der Waals surface area contributed by atoms with Gasteiger partial charge in [-0.05, 0) is 43.4 Å². The van der Waals surface area contributed by atoms with Crippen molar-refractivity contribution < 1.29 is 13.7 Å². The van der Waals surface area contributed by atoms with E-state index in [1.165, 1.54) is 25.0 Å². The average molecular weight is 409 g/mol. The number of hydrogen-bond acceptors (Lipinski definition) is 3. The van der Waals surface area contributed by atoms with Crippen LogP contribution in [0.1, 0.15) is 49.9 Å². The van der Waals surface area contributed by atoms with E-state index in [4.69, 9.17) is 4.74 Å². The monoisotopic (exact) mass is 409 g/mol. The summed E-state index contributed by atoms with van der Waals surface area (Å²) in [5.41, 5.74) is 0.975. The van der Waals surface area contributed by atoms with Crippen molar-refractivity contribution in [2.24, 2.45) is 0 Å². The van der Waals surface area contributed by atoms with E-state index in [2.05, 4.69) is 14.2 Å². The Labute approximate surface area is 168 Å². The van der Waals surface area contributed by atoms with Gasteiger partial charge in [0.25, 0.3) is 0 Å². The maximum Gasteiger partial charge on any atom is 0.237 e. The molecule has 1 aromatic carbocycles. The van der Waals surface area contributed by atoms with E-state index in [9.17, 15) is 4.39 Å². The maximum absolute atomic E-state index is 15.1. The lowest BCUT2D eigenvalue weighted by Gasteiger charge is -2.49. The highest BCUT2D eigenvalue weighted by atomic mass is 31.2. The number of rotatable bonds is 5. The highest BCUT2D eigenvalue weighted by Gasteiger charge is 2.48. The van der Waals surface area contributed by atoms with Crippen molar-refractivity contribution in [2.75, 3.05) is 52.5 Å². The summed E-state index contributed by atoms with van der Waals surface area (Å²) in [5.74, 6) is -0.455. The third-order valence-electron chi connectivity index (χ3n) is 6.35. The Kier molecular flexibility index (Phi) is 6.85. The van der Waals surface area contributed by atoms with Crippen molar-refractivity contribution in [3.8, 4) is 0 Å². The number of morpholine rings is 1. The second kappa shape index (κ2) is 9.36. The summed E-state index contributed by atoms with van der Waals surface area (Å²) < 4.78 is 38.9. The van der Waals surface area contributed by atoms with Gasteiger partial charge in [0.2, 0.25) is 7.44 Å². The third kappa shape index (κ3) is 4.22. The summed E-state index contributed by atoms with van der Waals surface area (Å²) >= 11 is 0. The molecule has 3 saturated heterocycles. The molecule has 4 rings (SSSR count). The standard InChI is InChI=1S/C21H33FN3O2P/c22-20-9-7-19(8-10-20)21(23-15-17-27-18-16-23)28(26,24-11-3-1-4-12-24)25-13-5-2-6-14-25/h7-10,21H,1-6,11-18H2/t21-/m0/s1. The molecule has 1 aromatic rings. The predicted octanol–water partition coefficient (Wildman–Crippen LogP) is 4.32. The molecule has 3 heterocycles. The van der Waals surface area contributed by atoms with Gasteiger partial charge in [0, 0.05) is 39.3 Å². The van der Waals surface area contributed by atoms with Crippen LogP contribution in [0, 0.1) is 5.82 Å². The Balaban J connectivity index is 1.76. The zero-order valence-corrected chi connectivity index (χ0v) is 17.7. The largest absolute Gasteiger partial charge is 0.379 e. The molecular weight excluding hydrogens is 376 g/mol. The summed E-state index contributed by atoms with van der Waals surface area (Å²) in [5, 5.41) is 0. The van der Waals surface area contributed by atoms with E-state index in [1.807, 2.05) is 12.1 Å². The quantitative estimate of drug-likeness (QED) is 0.677. The Morgan fingerprint density at radius 3 is 1.79 bits per heavy atom. The highest BCUT2D eigenvalue weighted by Crippen LogP contribution is 2.66. The van der Waals surface area contributed by atoms with Gasteiger partial charge in [0.15, 0.2) is 0 Å². The van der Waals surface area contributed by atoms with Gasteiger partial charge in [-0.25, -0.2) is 13.7 Å². The maximum atomic E-state index is 15.1. The van der Waals surface area contributed by atoms with Crippen LogP contribution in [-0.4, -0.2) is 66.7 Å². The van der Waals surface area contributed by atoms with Crippen LogP contribution < -0.4 is 0 Å². The van der Waals surface area contributed by atoms with E-state index >= 15 is 4.57 Å². The number of hydrogen-bond donors (Lipinski definition) is 0. The van der Waals surface area contributed by atoms with Crippen LogP contribution in [-0.2, 0) is 9.30 Å². The van der Waals surface area contributed by atoms with Crippen molar-refractivity contribution in [3.63, 3.8) is 0 Å². The molecule has 0 amide bonds. The Morgan fingerprint density at radius 2 is 1.29 bits per heavy atom. The van der Waals surface area contributed by atoms with Crippen LogP contribution in [0.4, 0.5) is 4.39 Å². The van der Waals surface area contributed by atoms with Crippen molar-refractivity contribution in [1.29, 1.82) is 0 Å². The Hall–Kier alpha value is -0.780. The van der Waals surface area contributed by atoms with Crippen molar-refractivity contribution in [2.45, 2.75) is 44.3 Å². The predicted molar refractivity (Wildman–Crippen MR) is 110 cm³/mol. The second-order valence-corrected chi connectivity index (χ2v) is 11.0. The van der Waals surface area contributed by atoms with Gasteiger partial charge in [-0.2, -0.15) is 0 Å². The fourth-order valence-electron chi connectivity index (χ4n) is 4.89. The van der Waals surface area contributed by atoms with Gasteiger partial charge >= 0.3 is 0 Å². The number of benzene rings is 1. The minimum absolute atomic E-state index is 0.215. The minimum Gasteiger partial charge on any atom is -0.379 e. The minimum atomic E-state index is -2.87. The SMILES string of the molecule is O=P([C@@H](c1ccc(F)cc1)N1CCOCC1)(N1CCCCC1)N1CCCCC1. The van der Waals surface area contributed by atoms with Crippen LogP contribution in [0.15, 0.2) is 24.3 Å². The average Bonchev–Trinajstić information content (AvgIpc) is 2.77. The molecule has 3 aliphatic heterocycles.